The van der Waals surface area contributed by atoms with E-state index in [1.165, 1.54) is 218 Å². The zero-order chi connectivity index (χ0) is 96.8. The summed E-state index contributed by atoms with van der Waals surface area (Å²) < 4.78 is 81.8. The Labute approximate surface area is 832 Å². The molecule has 7 saturated heterocycles. The number of fused-ring (bicyclic) bond motifs is 24. The molecular weight excluding hydrogens is 1740 g/mol. The van der Waals surface area contributed by atoms with Gasteiger partial charge in [0.2, 0.25) is 20.0 Å². The molecule has 0 aromatic carbocycles. The van der Waals surface area contributed by atoms with Gasteiger partial charge in [0.15, 0.2) is 0 Å². The van der Waals surface area contributed by atoms with E-state index in [1.807, 2.05) is 11.1 Å². The number of Topliss-reactive ketones (excluding diaryl/α,β-unsaturated/α-hetero) is 2. The van der Waals surface area contributed by atoms with Gasteiger partial charge in [-0.15, -0.1) is 0 Å². The number of sulfonamides is 2. The normalized spacial score (nSPS) is 51.8. The third-order valence-corrected chi connectivity index (χ3v) is 50.3. The molecule has 0 amide bonds. The highest BCUT2D eigenvalue weighted by Gasteiger charge is 2.68. The number of rotatable bonds is 5. The van der Waals surface area contributed by atoms with Gasteiger partial charge in [0, 0.05) is 92.9 Å². The Morgan fingerprint density at radius 1 is 0.350 bits per heavy atom. The molecule has 17 aliphatic carbocycles. The fraction of sp³-hybridized carbons (Fsp3) is 0.900. The molecule has 7 aliphatic heterocycles. The predicted molar refractivity (Wildman–Crippen MR) is 552 cm³/mol. The lowest BCUT2D eigenvalue weighted by atomic mass is 9.52. The lowest BCUT2D eigenvalue weighted by molar-refractivity contribution is -0.130. The Hall–Kier alpha value is -2.58. The van der Waals surface area contributed by atoms with Gasteiger partial charge in [-0.05, 0) is 438 Å². The van der Waals surface area contributed by atoms with Crippen LogP contribution in [0.4, 0.5) is 0 Å². The van der Waals surface area contributed by atoms with Crippen molar-refractivity contribution in [1.82, 2.24) is 24.1 Å². The van der Waals surface area contributed by atoms with Crippen LogP contribution in [0.3, 0.4) is 0 Å². The van der Waals surface area contributed by atoms with Gasteiger partial charge in [0.1, 0.15) is 11.6 Å². The summed E-state index contributed by atoms with van der Waals surface area (Å²) in [6.07, 6.45) is 54.5. The molecule has 17 heteroatoms. The van der Waals surface area contributed by atoms with E-state index in [-0.39, 0.29) is 34.5 Å². The number of ether oxygens (including phenoxy) is 4. The van der Waals surface area contributed by atoms with Gasteiger partial charge in [0.25, 0.3) is 0 Å². The minimum atomic E-state index is -3.13. The third kappa shape index (κ3) is 17.4. The van der Waals surface area contributed by atoms with Crippen molar-refractivity contribution in [2.45, 2.75) is 464 Å². The van der Waals surface area contributed by atoms with E-state index in [0.29, 0.717) is 129 Å². The summed E-state index contributed by atoms with van der Waals surface area (Å²) in [7, 11) is -1.59. The molecule has 768 valence electrons. The van der Waals surface area contributed by atoms with Crippen molar-refractivity contribution in [3.05, 3.63) is 56.9 Å². The molecule has 0 bridgehead atoms. The quantitative estimate of drug-likeness (QED) is 0.249. The Kier molecular flexibility index (Phi) is 26.9. The first-order chi connectivity index (χ1) is 64.7. The molecule has 24 rings (SSSR count). The van der Waals surface area contributed by atoms with Crippen molar-refractivity contribution in [2.75, 3.05) is 46.2 Å². The average molecular weight is 1930 g/mol. The lowest BCUT2D eigenvalue weighted by Crippen LogP contribution is -2.50. The molecule has 4 spiro atoms. The smallest absolute Gasteiger partial charge is 0.208 e. The van der Waals surface area contributed by atoms with Crippen LogP contribution >= 0.6 is 0 Å². The summed E-state index contributed by atoms with van der Waals surface area (Å²) >= 11 is 0. The highest BCUT2D eigenvalue weighted by atomic mass is 32.2. The maximum Gasteiger partial charge on any atom is 0.208 e. The second kappa shape index (κ2) is 36.7. The Bertz CT molecular complexity index is 4980. The molecule has 42 atom stereocenters. The fourth-order valence-electron chi connectivity index (χ4n) is 41.9. The molecule has 13 saturated carbocycles. The summed E-state index contributed by atoms with van der Waals surface area (Å²) in [5.74, 6) is 19.4. The number of likely N-dealkylation sites (N-methyl/N-ethyl adjacent to an activating group) is 2. The van der Waals surface area contributed by atoms with Crippen molar-refractivity contribution in [1.29, 1.82) is 0 Å². The first-order valence-corrected chi connectivity index (χ1v) is 61.8. The second-order valence-electron chi connectivity index (χ2n) is 56.1. The number of nitrogens with zero attached hydrogens (tertiary/aromatic N) is 3. The standard InChI is InChI=1S/C31H47NO2.C30H50N2O3S.C30H49NO3S.C29H45NO2/c1-18(2)32-17-19(3)13-28-29(32)21(5)31(34-28)12-10-24-25-8-7-22-14-23(33)9-11-30(22,6)27(25)15-26(24)20(4)16-31;1-18-13-27-28(32(5)17-18)20(3)30(35-27)12-10-23-24-8-7-21-14-22(31-36(6,33)34)9-11-29(21,4)26(24)15-25(23)19(2)16-30;1-18-6-8-23-20(3)30(34-28(23)14-18)13-11-24-25-9-7-21-15-22(31-35(5,32)33)10-12-29(21,4)27(25)16-26(24)19(2)17-30;1-17-12-26-27(30(5)16-17)19(3)29(32-26)11-9-22-23-7-6-20-13-21(31)8-10-28(20,4)25(23)14-24(22)18(2)15-29/h19,21-22,24-25,27-29H,1,7-17H2,2-6H3;18,20-24,26-28,31H,7-17H2,1-6H3;18,20-25,27-28,31H,6-17H2,1-5H3;17,19-20,22-23,25-27H,6-16H2,1-5H3/t19-,21+,22+,24-,25-,27-,28+,29-,30-,31-;18-,20+,21+,22+,23-,24-,26-,27+,28-,29-,30-;18-,20-,21-,22-,23+,24+,25+,27+,28-,29+,30+;17-,19+,20+,22-,23-,25-,26+,27-,28-,29-/m0010/s1. The van der Waals surface area contributed by atoms with E-state index in [1.54, 1.807) is 33.4 Å². The summed E-state index contributed by atoms with van der Waals surface area (Å²) in [6.45, 7) is 49.8. The maximum atomic E-state index is 12.2. The van der Waals surface area contributed by atoms with Crippen LogP contribution in [-0.2, 0) is 48.6 Å². The van der Waals surface area contributed by atoms with Crippen molar-refractivity contribution >= 4 is 31.6 Å². The fourth-order valence-corrected chi connectivity index (χ4v) is 43.6. The van der Waals surface area contributed by atoms with Gasteiger partial charge in [-0.1, -0.05) is 141 Å². The summed E-state index contributed by atoms with van der Waals surface area (Å²) in [6, 6.07) is 1.94. The largest absolute Gasteiger partial charge is 0.371 e. The lowest BCUT2D eigenvalue weighted by Gasteiger charge is -2.54. The summed E-state index contributed by atoms with van der Waals surface area (Å²) in [5, 5.41) is 0. The van der Waals surface area contributed by atoms with Gasteiger partial charge < -0.3 is 33.6 Å². The molecule has 0 unspecified atom stereocenters. The van der Waals surface area contributed by atoms with Gasteiger partial charge in [-0.3, -0.25) is 9.59 Å². The molecule has 24 aliphatic rings. The first kappa shape index (κ1) is 100. The Balaban J connectivity index is 0.000000109. The molecule has 137 heavy (non-hydrogen) atoms. The minimum absolute atomic E-state index is 0.00236. The molecular formula is C120H191N5O10S2. The van der Waals surface area contributed by atoms with Crippen LogP contribution in [0.25, 0.3) is 0 Å². The van der Waals surface area contributed by atoms with Crippen LogP contribution < -0.4 is 9.44 Å². The monoisotopic (exact) mass is 1930 g/mol. The van der Waals surface area contributed by atoms with Crippen molar-refractivity contribution in [3.8, 4) is 0 Å². The number of ketones is 2. The van der Waals surface area contributed by atoms with Crippen molar-refractivity contribution < 1.29 is 45.4 Å². The molecule has 15 nitrogen and oxygen atoms in total. The molecule has 20 fully saturated rings. The molecule has 0 radical (unpaired) electrons. The minimum Gasteiger partial charge on any atom is -0.371 e. The number of nitrogens with one attached hydrogen (secondary N) is 2. The average Bonchev–Trinajstić information content (AvgIpc) is 1.57. The zero-order valence-corrected chi connectivity index (χ0v) is 91.5. The van der Waals surface area contributed by atoms with Gasteiger partial charge >= 0.3 is 0 Å². The van der Waals surface area contributed by atoms with Gasteiger partial charge in [-0.2, -0.15) is 0 Å². The number of piperidine rings is 3. The van der Waals surface area contributed by atoms with Gasteiger partial charge in [-0.25, -0.2) is 26.3 Å². The molecule has 0 aromatic heterocycles. The summed E-state index contributed by atoms with van der Waals surface area (Å²) in [5.41, 5.74) is 16.8. The van der Waals surface area contributed by atoms with E-state index in [4.69, 9.17) is 18.9 Å². The van der Waals surface area contributed by atoms with Crippen molar-refractivity contribution in [2.24, 2.45) is 170 Å². The second-order valence-corrected chi connectivity index (χ2v) is 59.7. The van der Waals surface area contributed by atoms with Gasteiger partial charge in [0.05, 0.1) is 65.4 Å². The van der Waals surface area contributed by atoms with Crippen molar-refractivity contribution in [3.63, 3.8) is 0 Å². The number of hydrogen-bond donors (Lipinski definition) is 2. The number of carbonyl (C=O) groups is 2. The third-order valence-electron chi connectivity index (χ3n) is 48.7. The number of allylic oxidation sites excluding steroid dienone is 5. The topological polar surface area (TPSA) is 173 Å². The highest BCUT2D eigenvalue weighted by Crippen LogP contribution is 2.72. The Morgan fingerprint density at radius 3 is 1.01 bits per heavy atom. The molecule has 0 aromatic rings. The highest BCUT2D eigenvalue weighted by molar-refractivity contribution is 7.89. The van der Waals surface area contributed by atoms with Crippen LogP contribution in [0.15, 0.2) is 56.9 Å². The van der Waals surface area contributed by atoms with E-state index in [9.17, 15) is 26.4 Å². The number of likely N-dealkylation sites (tertiary alicyclic amines) is 3. The maximum absolute atomic E-state index is 12.2. The van der Waals surface area contributed by atoms with E-state index in [0.717, 1.165) is 185 Å². The van der Waals surface area contributed by atoms with Crippen LogP contribution in [0.2, 0.25) is 0 Å². The van der Waals surface area contributed by atoms with Crippen LogP contribution in [0.1, 0.15) is 387 Å². The number of carbonyl (C=O) groups excluding carboxylic acids is 2. The SMILES string of the molecule is C=C(C)N1C[C@@H](C)C[C@H]2O[C@]3(CC[C@@H]4C(=C(C)C3)C[C@H]3[C@H]4CC[C@@H]4CC(=O)CC[C@@]43C)[C@H](C)[C@@H]21.CC1=C2C[C@H]3[C@@H](CC[C@@H]4CC(=O)CC[C@@]43C)[C@@H]2CC[C@@]2(C1)O[C@@H]1C[C@H](C)CN(C)[C@H]1[C@H]2C.CC1=C2C[C@H]3[C@@H](CC[C@@H]4C[C@H](NS(C)(=O)=O)CC[C@@]43C)[C@@H]2CC[C@@]2(C1)O[C@@H]1C[C@H](C)CC[C@H]1[C@H]2C.CC1=C2C[C@H]3[C@@H](CC[C@@H]4C[C@H](NS(C)(=O)=O)CC[C@@]43C)[C@@H]2CC[C@@]2(C1)O[C@@H]1C[C@H](C)CN(C)[C@H]1[C@H]2C. The predicted octanol–water partition coefficient (Wildman–Crippen LogP) is 24.8. The zero-order valence-electron chi connectivity index (χ0n) is 89.9. The summed E-state index contributed by atoms with van der Waals surface area (Å²) in [4.78, 5) is 32.3. The first-order valence-electron chi connectivity index (χ1n) is 58.0. The van der Waals surface area contributed by atoms with E-state index in [2.05, 4.69) is 163 Å². The van der Waals surface area contributed by atoms with E-state index >= 15 is 0 Å². The Morgan fingerprint density at radius 2 is 0.657 bits per heavy atom. The molecule has 7 heterocycles. The van der Waals surface area contributed by atoms with Crippen LogP contribution in [0, 0.1) is 170 Å². The van der Waals surface area contributed by atoms with E-state index < -0.39 is 20.0 Å². The van der Waals surface area contributed by atoms with Crippen LogP contribution in [0.5, 0.6) is 0 Å². The van der Waals surface area contributed by atoms with Crippen LogP contribution in [-0.4, -0.2) is 166 Å². The number of hydrogen-bond acceptors (Lipinski definition) is 13. The molecule has 2 N–H and O–H groups in total.